The average molecular weight is 252 g/mol. The van der Waals surface area contributed by atoms with Gasteiger partial charge < -0.3 is 9.67 Å². The number of thioether (sulfide) groups is 1. The Morgan fingerprint density at radius 2 is 2.35 bits per heavy atom. The predicted octanol–water partition coefficient (Wildman–Crippen LogP) is 2.40. The van der Waals surface area contributed by atoms with Crippen LogP contribution in [0.2, 0.25) is 0 Å². The Balaban J connectivity index is 1.71. The molecule has 0 aliphatic carbocycles. The molecule has 1 N–H and O–H groups in total. The van der Waals surface area contributed by atoms with Crippen molar-refractivity contribution < 1.29 is 5.11 Å². The fourth-order valence-corrected chi connectivity index (χ4v) is 4.03. The molecule has 94 valence electrons. The highest BCUT2D eigenvalue weighted by Gasteiger charge is 2.22. The van der Waals surface area contributed by atoms with E-state index in [0.29, 0.717) is 0 Å². The number of aliphatic hydroxyl groups is 1. The van der Waals surface area contributed by atoms with Crippen LogP contribution in [0.3, 0.4) is 0 Å². The SMILES string of the molecule is OC1CCCn2cc(CC3CCCSC3)nc21. The lowest BCUT2D eigenvalue weighted by Gasteiger charge is -2.19. The van der Waals surface area contributed by atoms with Gasteiger partial charge in [0.1, 0.15) is 11.9 Å². The van der Waals surface area contributed by atoms with E-state index in [1.807, 2.05) is 0 Å². The van der Waals surface area contributed by atoms with Gasteiger partial charge >= 0.3 is 0 Å². The number of nitrogens with zero attached hydrogens (tertiary/aromatic N) is 2. The summed E-state index contributed by atoms with van der Waals surface area (Å²) >= 11 is 2.07. The molecular weight excluding hydrogens is 232 g/mol. The second-order valence-corrected chi connectivity index (χ2v) is 6.38. The van der Waals surface area contributed by atoms with E-state index >= 15 is 0 Å². The first-order valence-corrected chi connectivity index (χ1v) is 7.80. The first kappa shape index (κ1) is 11.6. The standard InChI is InChI=1S/C13H20N2OS/c16-12-4-1-5-15-8-11(14-13(12)15)7-10-3-2-6-17-9-10/h8,10,12,16H,1-7,9H2. The predicted molar refractivity (Wildman–Crippen MR) is 70.2 cm³/mol. The number of hydrogen-bond acceptors (Lipinski definition) is 3. The molecule has 3 heterocycles. The molecule has 0 amide bonds. The van der Waals surface area contributed by atoms with Crippen molar-refractivity contribution in [3.8, 4) is 0 Å². The van der Waals surface area contributed by atoms with Gasteiger partial charge in [-0.25, -0.2) is 4.98 Å². The fourth-order valence-electron chi connectivity index (χ4n) is 2.88. The van der Waals surface area contributed by atoms with Crippen molar-refractivity contribution in [3.05, 3.63) is 17.7 Å². The van der Waals surface area contributed by atoms with Gasteiger partial charge in [0.05, 0.1) is 5.69 Å². The van der Waals surface area contributed by atoms with Crippen molar-refractivity contribution in [2.24, 2.45) is 5.92 Å². The van der Waals surface area contributed by atoms with E-state index in [2.05, 4.69) is 27.5 Å². The van der Waals surface area contributed by atoms with Crippen LogP contribution in [-0.4, -0.2) is 26.2 Å². The molecule has 17 heavy (non-hydrogen) atoms. The van der Waals surface area contributed by atoms with Crippen LogP contribution in [0.1, 0.15) is 43.3 Å². The molecule has 0 bridgehead atoms. The Morgan fingerprint density at radius 3 is 3.12 bits per heavy atom. The van der Waals surface area contributed by atoms with Gasteiger partial charge in [0.25, 0.3) is 0 Å². The second kappa shape index (κ2) is 5.02. The molecule has 1 saturated heterocycles. The molecule has 4 heteroatoms. The molecule has 0 saturated carbocycles. The Kier molecular flexibility index (Phi) is 3.43. The zero-order chi connectivity index (χ0) is 11.7. The number of fused-ring (bicyclic) bond motifs is 1. The number of imidazole rings is 1. The molecule has 2 unspecified atom stereocenters. The van der Waals surface area contributed by atoms with Crippen LogP contribution in [-0.2, 0) is 13.0 Å². The smallest absolute Gasteiger partial charge is 0.137 e. The molecular formula is C13H20N2OS. The lowest BCUT2D eigenvalue weighted by Crippen LogP contribution is -2.14. The number of hydrogen-bond donors (Lipinski definition) is 1. The zero-order valence-corrected chi connectivity index (χ0v) is 11.0. The molecule has 1 aromatic heterocycles. The molecule has 0 spiro atoms. The first-order valence-electron chi connectivity index (χ1n) is 6.64. The minimum Gasteiger partial charge on any atom is -0.385 e. The van der Waals surface area contributed by atoms with Crippen LogP contribution in [0.25, 0.3) is 0 Å². The average Bonchev–Trinajstić information content (AvgIpc) is 2.74. The van der Waals surface area contributed by atoms with Crippen LogP contribution < -0.4 is 0 Å². The van der Waals surface area contributed by atoms with Gasteiger partial charge in [-0.2, -0.15) is 11.8 Å². The van der Waals surface area contributed by atoms with Crippen LogP contribution in [0, 0.1) is 5.92 Å². The molecule has 2 atom stereocenters. The maximum absolute atomic E-state index is 9.89. The van der Waals surface area contributed by atoms with Crippen LogP contribution in [0.15, 0.2) is 6.20 Å². The summed E-state index contributed by atoms with van der Waals surface area (Å²) in [6.45, 7) is 1.03. The minimum atomic E-state index is -0.335. The van der Waals surface area contributed by atoms with Crippen LogP contribution >= 0.6 is 11.8 Å². The summed E-state index contributed by atoms with van der Waals surface area (Å²) in [5, 5.41) is 9.89. The summed E-state index contributed by atoms with van der Waals surface area (Å²) in [4.78, 5) is 4.63. The Hall–Kier alpha value is -0.480. The van der Waals surface area contributed by atoms with E-state index in [9.17, 15) is 5.11 Å². The van der Waals surface area contributed by atoms with Gasteiger partial charge in [-0.15, -0.1) is 0 Å². The topological polar surface area (TPSA) is 38.0 Å². The molecule has 1 fully saturated rings. The summed E-state index contributed by atoms with van der Waals surface area (Å²) in [5.41, 5.74) is 1.19. The zero-order valence-electron chi connectivity index (χ0n) is 10.1. The summed E-state index contributed by atoms with van der Waals surface area (Å²) in [5.74, 6) is 4.30. The van der Waals surface area contributed by atoms with Gasteiger partial charge in [0.2, 0.25) is 0 Å². The molecule has 1 aromatic rings. The third-order valence-electron chi connectivity index (χ3n) is 3.78. The summed E-state index contributed by atoms with van der Waals surface area (Å²) in [7, 11) is 0. The van der Waals surface area contributed by atoms with Crippen molar-refractivity contribution in [1.82, 2.24) is 9.55 Å². The number of aliphatic hydroxyl groups excluding tert-OH is 1. The van der Waals surface area contributed by atoms with E-state index in [1.54, 1.807) is 0 Å². The molecule has 0 radical (unpaired) electrons. The van der Waals surface area contributed by atoms with E-state index < -0.39 is 0 Å². The second-order valence-electron chi connectivity index (χ2n) is 5.23. The molecule has 2 aliphatic heterocycles. The Morgan fingerprint density at radius 1 is 1.41 bits per heavy atom. The van der Waals surface area contributed by atoms with E-state index in [1.165, 1.54) is 30.0 Å². The maximum Gasteiger partial charge on any atom is 0.137 e. The van der Waals surface area contributed by atoms with Crippen molar-refractivity contribution in [1.29, 1.82) is 0 Å². The number of rotatable bonds is 2. The third kappa shape index (κ3) is 2.52. The Bertz CT molecular complexity index is 385. The van der Waals surface area contributed by atoms with E-state index in [0.717, 1.165) is 37.5 Å². The first-order chi connectivity index (χ1) is 8.33. The lowest BCUT2D eigenvalue weighted by atomic mass is 10.00. The Labute approximate surface area is 107 Å². The van der Waals surface area contributed by atoms with Gasteiger partial charge in [-0.05, 0) is 49.5 Å². The van der Waals surface area contributed by atoms with Crippen molar-refractivity contribution in [3.63, 3.8) is 0 Å². The molecule has 2 aliphatic rings. The summed E-state index contributed by atoms with van der Waals surface area (Å²) in [6.07, 6.45) is 7.57. The van der Waals surface area contributed by atoms with Gasteiger partial charge in [-0.1, -0.05) is 0 Å². The highest BCUT2D eigenvalue weighted by molar-refractivity contribution is 7.99. The molecule has 3 nitrogen and oxygen atoms in total. The van der Waals surface area contributed by atoms with Crippen molar-refractivity contribution in [2.75, 3.05) is 11.5 Å². The lowest BCUT2D eigenvalue weighted by molar-refractivity contribution is 0.133. The van der Waals surface area contributed by atoms with Crippen LogP contribution in [0.4, 0.5) is 0 Å². The summed E-state index contributed by atoms with van der Waals surface area (Å²) < 4.78 is 2.15. The van der Waals surface area contributed by atoms with Gasteiger partial charge in [-0.3, -0.25) is 0 Å². The van der Waals surface area contributed by atoms with Crippen LogP contribution in [0.5, 0.6) is 0 Å². The fraction of sp³-hybridized carbons (Fsp3) is 0.769. The largest absolute Gasteiger partial charge is 0.385 e. The van der Waals surface area contributed by atoms with Crippen molar-refractivity contribution in [2.45, 2.75) is 44.8 Å². The quantitative estimate of drug-likeness (QED) is 0.878. The van der Waals surface area contributed by atoms with Crippen molar-refractivity contribution >= 4 is 11.8 Å². The summed E-state index contributed by atoms with van der Waals surface area (Å²) in [6, 6.07) is 0. The monoisotopic (exact) mass is 252 g/mol. The van der Waals surface area contributed by atoms with Gasteiger partial charge in [0.15, 0.2) is 0 Å². The molecule has 3 rings (SSSR count). The molecule has 0 aromatic carbocycles. The highest BCUT2D eigenvalue weighted by atomic mass is 32.2. The minimum absolute atomic E-state index is 0.335. The van der Waals surface area contributed by atoms with E-state index in [4.69, 9.17) is 0 Å². The van der Waals surface area contributed by atoms with Gasteiger partial charge in [0, 0.05) is 12.7 Å². The third-order valence-corrected chi connectivity index (χ3v) is 5.07. The normalized spacial score (nSPS) is 29.0. The number of aromatic nitrogens is 2. The van der Waals surface area contributed by atoms with E-state index in [-0.39, 0.29) is 6.10 Å². The number of aryl methyl sites for hydroxylation is 1. The highest BCUT2D eigenvalue weighted by Crippen LogP contribution is 2.28. The maximum atomic E-state index is 9.89.